The zero-order chi connectivity index (χ0) is 13.4. The van der Waals surface area contributed by atoms with E-state index >= 15 is 0 Å². The normalized spacial score (nSPS) is 9.83. The van der Waals surface area contributed by atoms with Gasteiger partial charge in [0.1, 0.15) is 0 Å². The monoisotopic (exact) mass is 268 g/mol. The standard InChI is InChI=1S/C12H16N2O3S/c1-18-7-6-13-12(17)14-10-5-3-2-4-9(10)8-11(15)16/h2-5H,6-8H2,1H3,(H,15,16)(H2,13,14,17). The van der Waals surface area contributed by atoms with Crippen LogP contribution in [0.3, 0.4) is 0 Å². The molecule has 0 radical (unpaired) electrons. The van der Waals surface area contributed by atoms with Crippen molar-refractivity contribution in [1.29, 1.82) is 0 Å². The minimum atomic E-state index is -0.924. The molecule has 2 amide bonds. The maximum Gasteiger partial charge on any atom is 0.319 e. The highest BCUT2D eigenvalue weighted by Crippen LogP contribution is 2.15. The highest BCUT2D eigenvalue weighted by atomic mass is 32.2. The molecule has 0 atom stereocenters. The second kappa shape index (κ2) is 7.60. The lowest BCUT2D eigenvalue weighted by Crippen LogP contribution is -2.30. The molecule has 0 unspecified atom stereocenters. The average Bonchev–Trinajstić information content (AvgIpc) is 2.31. The number of carbonyl (C=O) groups is 2. The van der Waals surface area contributed by atoms with E-state index in [1.165, 1.54) is 0 Å². The molecule has 98 valence electrons. The second-order valence-electron chi connectivity index (χ2n) is 3.60. The number of nitrogens with one attached hydrogen (secondary N) is 2. The number of urea groups is 1. The summed E-state index contributed by atoms with van der Waals surface area (Å²) in [5.41, 5.74) is 1.12. The Kier molecular flexibility index (Phi) is 6.07. The molecule has 6 heteroatoms. The zero-order valence-electron chi connectivity index (χ0n) is 10.1. The number of amides is 2. The summed E-state index contributed by atoms with van der Waals surface area (Å²) in [5, 5.41) is 14.1. The van der Waals surface area contributed by atoms with Gasteiger partial charge in [0.05, 0.1) is 6.42 Å². The Balaban J connectivity index is 2.60. The van der Waals surface area contributed by atoms with Crippen molar-refractivity contribution in [3.63, 3.8) is 0 Å². The lowest BCUT2D eigenvalue weighted by Gasteiger charge is -2.10. The first-order chi connectivity index (χ1) is 8.63. The van der Waals surface area contributed by atoms with Crippen molar-refractivity contribution in [3.05, 3.63) is 29.8 Å². The average molecular weight is 268 g/mol. The van der Waals surface area contributed by atoms with Crippen molar-refractivity contribution in [3.8, 4) is 0 Å². The van der Waals surface area contributed by atoms with E-state index in [4.69, 9.17) is 5.11 Å². The number of para-hydroxylation sites is 1. The van der Waals surface area contributed by atoms with Gasteiger partial charge in [-0.1, -0.05) is 18.2 Å². The van der Waals surface area contributed by atoms with Crippen LogP contribution in [0, 0.1) is 0 Å². The number of anilines is 1. The van der Waals surface area contributed by atoms with Gasteiger partial charge in [-0.05, 0) is 17.9 Å². The number of carboxylic acids is 1. The summed E-state index contributed by atoms with van der Waals surface area (Å²) >= 11 is 1.64. The van der Waals surface area contributed by atoms with E-state index < -0.39 is 5.97 Å². The number of thioether (sulfide) groups is 1. The molecule has 0 aliphatic rings. The highest BCUT2D eigenvalue weighted by molar-refractivity contribution is 7.98. The van der Waals surface area contributed by atoms with Crippen LogP contribution in [-0.4, -0.2) is 35.7 Å². The van der Waals surface area contributed by atoms with E-state index in [1.807, 2.05) is 6.26 Å². The Morgan fingerprint density at radius 1 is 1.33 bits per heavy atom. The Morgan fingerprint density at radius 2 is 2.06 bits per heavy atom. The number of carboxylic acid groups (broad SMARTS) is 1. The van der Waals surface area contributed by atoms with Crippen LogP contribution >= 0.6 is 11.8 Å². The molecule has 0 saturated heterocycles. The van der Waals surface area contributed by atoms with E-state index in [0.29, 0.717) is 17.8 Å². The molecule has 0 saturated carbocycles. The quantitative estimate of drug-likeness (QED) is 0.687. The van der Waals surface area contributed by atoms with Gasteiger partial charge in [0.15, 0.2) is 0 Å². The molecule has 0 aliphatic heterocycles. The summed E-state index contributed by atoms with van der Waals surface area (Å²) in [6.07, 6.45) is 1.85. The van der Waals surface area contributed by atoms with Crippen LogP contribution in [0.5, 0.6) is 0 Å². The van der Waals surface area contributed by atoms with Crippen molar-refractivity contribution in [2.45, 2.75) is 6.42 Å². The van der Waals surface area contributed by atoms with Gasteiger partial charge in [-0.25, -0.2) is 4.79 Å². The Labute approximate surface area is 110 Å². The van der Waals surface area contributed by atoms with E-state index in [2.05, 4.69) is 10.6 Å². The van der Waals surface area contributed by atoms with Crippen molar-refractivity contribution >= 4 is 29.4 Å². The first kappa shape index (κ1) is 14.4. The van der Waals surface area contributed by atoms with E-state index in [0.717, 1.165) is 5.75 Å². The molecule has 1 aromatic carbocycles. The van der Waals surface area contributed by atoms with Gasteiger partial charge in [-0.2, -0.15) is 11.8 Å². The van der Waals surface area contributed by atoms with E-state index in [1.54, 1.807) is 36.0 Å². The highest BCUT2D eigenvalue weighted by Gasteiger charge is 2.08. The van der Waals surface area contributed by atoms with Gasteiger partial charge in [0, 0.05) is 18.0 Å². The Bertz CT molecular complexity index is 424. The first-order valence-electron chi connectivity index (χ1n) is 5.47. The topological polar surface area (TPSA) is 78.4 Å². The maximum absolute atomic E-state index is 11.5. The van der Waals surface area contributed by atoms with Crippen LogP contribution in [0.4, 0.5) is 10.5 Å². The zero-order valence-corrected chi connectivity index (χ0v) is 10.9. The van der Waals surface area contributed by atoms with Crippen molar-refractivity contribution < 1.29 is 14.7 Å². The molecule has 18 heavy (non-hydrogen) atoms. The fraction of sp³-hybridized carbons (Fsp3) is 0.333. The molecule has 0 aliphatic carbocycles. The Morgan fingerprint density at radius 3 is 2.72 bits per heavy atom. The van der Waals surface area contributed by atoms with Crippen LogP contribution in [-0.2, 0) is 11.2 Å². The van der Waals surface area contributed by atoms with E-state index in [-0.39, 0.29) is 12.5 Å². The third-order valence-electron chi connectivity index (χ3n) is 2.20. The number of benzene rings is 1. The summed E-state index contributed by atoms with van der Waals surface area (Å²) in [6, 6.07) is 6.55. The summed E-state index contributed by atoms with van der Waals surface area (Å²) in [6.45, 7) is 0.577. The van der Waals surface area contributed by atoms with Crippen molar-refractivity contribution in [1.82, 2.24) is 5.32 Å². The van der Waals surface area contributed by atoms with Gasteiger partial charge in [-0.15, -0.1) is 0 Å². The van der Waals surface area contributed by atoms with Crippen molar-refractivity contribution in [2.24, 2.45) is 0 Å². The predicted octanol–water partition coefficient (Wildman–Crippen LogP) is 1.80. The van der Waals surface area contributed by atoms with Gasteiger partial charge < -0.3 is 15.7 Å². The number of aliphatic carboxylic acids is 1. The minimum Gasteiger partial charge on any atom is -0.481 e. The number of hydrogen-bond acceptors (Lipinski definition) is 3. The predicted molar refractivity (Wildman–Crippen MR) is 73.2 cm³/mol. The van der Waals surface area contributed by atoms with Gasteiger partial charge in [-0.3, -0.25) is 4.79 Å². The fourth-order valence-corrected chi connectivity index (χ4v) is 1.70. The fourth-order valence-electron chi connectivity index (χ4n) is 1.39. The number of carbonyl (C=O) groups excluding carboxylic acids is 1. The molecule has 0 heterocycles. The maximum atomic E-state index is 11.5. The van der Waals surface area contributed by atoms with Gasteiger partial charge in [0.25, 0.3) is 0 Å². The van der Waals surface area contributed by atoms with Crippen LogP contribution < -0.4 is 10.6 Å². The smallest absolute Gasteiger partial charge is 0.319 e. The molecule has 5 nitrogen and oxygen atoms in total. The number of rotatable bonds is 6. The van der Waals surface area contributed by atoms with Crippen LogP contribution in [0.25, 0.3) is 0 Å². The largest absolute Gasteiger partial charge is 0.481 e. The summed E-state index contributed by atoms with van der Waals surface area (Å²) < 4.78 is 0. The summed E-state index contributed by atoms with van der Waals surface area (Å²) in [4.78, 5) is 22.2. The molecule has 0 aromatic heterocycles. The molecular weight excluding hydrogens is 252 g/mol. The van der Waals surface area contributed by atoms with Gasteiger partial charge >= 0.3 is 12.0 Å². The molecule has 0 bridgehead atoms. The summed E-state index contributed by atoms with van der Waals surface area (Å²) in [5.74, 6) is -0.0865. The first-order valence-corrected chi connectivity index (χ1v) is 6.86. The van der Waals surface area contributed by atoms with Crippen LogP contribution in [0.1, 0.15) is 5.56 Å². The number of hydrogen-bond donors (Lipinski definition) is 3. The minimum absolute atomic E-state index is 0.110. The van der Waals surface area contributed by atoms with Crippen molar-refractivity contribution in [2.75, 3.05) is 23.9 Å². The molecule has 0 fully saturated rings. The lowest BCUT2D eigenvalue weighted by molar-refractivity contribution is -0.136. The lowest BCUT2D eigenvalue weighted by atomic mass is 10.1. The summed E-state index contributed by atoms with van der Waals surface area (Å²) in [7, 11) is 0. The van der Waals surface area contributed by atoms with Gasteiger partial charge in [0.2, 0.25) is 0 Å². The molecule has 1 rings (SSSR count). The Hall–Kier alpha value is -1.69. The second-order valence-corrected chi connectivity index (χ2v) is 4.59. The third-order valence-corrected chi connectivity index (χ3v) is 2.81. The van der Waals surface area contributed by atoms with Crippen LogP contribution in [0.15, 0.2) is 24.3 Å². The van der Waals surface area contributed by atoms with E-state index in [9.17, 15) is 9.59 Å². The molecule has 1 aromatic rings. The third kappa shape index (κ3) is 5.09. The molecule has 3 N–H and O–H groups in total. The van der Waals surface area contributed by atoms with Crippen LogP contribution in [0.2, 0.25) is 0 Å². The SMILES string of the molecule is CSCCNC(=O)Nc1ccccc1CC(=O)O. The molecular formula is C12H16N2O3S. The molecule has 0 spiro atoms.